The number of hydroxylamine groups is 3. The van der Waals surface area contributed by atoms with Gasteiger partial charge in [0.1, 0.15) is 25.6 Å². The van der Waals surface area contributed by atoms with Gasteiger partial charge in [-0.15, -0.1) is 4.65 Å². The molecule has 1 unspecified atom stereocenters. The topological polar surface area (TPSA) is 78.5 Å². The Morgan fingerprint density at radius 3 is 1.88 bits per heavy atom. The SMILES string of the molecule is O=C(O[N+]12CCC(CC1)CC2)C(Nc1ccccc1)c1ccccc1.O=C([O-])C(F)(F)F. The Morgan fingerprint density at radius 1 is 0.938 bits per heavy atom. The van der Waals surface area contributed by atoms with E-state index in [4.69, 9.17) is 14.7 Å². The zero-order chi connectivity index (χ0) is 23.2. The molecule has 0 amide bonds. The van der Waals surface area contributed by atoms with Crippen LogP contribution in [0.5, 0.6) is 0 Å². The van der Waals surface area contributed by atoms with Crippen molar-refractivity contribution in [3.05, 3.63) is 66.2 Å². The number of piperidine rings is 3. The van der Waals surface area contributed by atoms with Crippen LogP contribution in [0.15, 0.2) is 60.7 Å². The second-order valence-electron chi connectivity index (χ2n) is 8.01. The normalized spacial score (nSPS) is 22.8. The smallest absolute Gasteiger partial charge is 0.430 e. The van der Waals surface area contributed by atoms with E-state index in [2.05, 4.69) is 5.32 Å². The number of para-hydroxylation sites is 1. The van der Waals surface area contributed by atoms with Gasteiger partial charge in [-0.1, -0.05) is 48.5 Å². The van der Waals surface area contributed by atoms with Crippen molar-refractivity contribution in [1.29, 1.82) is 0 Å². The predicted octanol–water partition coefficient (Wildman–Crippen LogP) is 3.23. The standard InChI is InChI=1S/C21H25N2O2.C2HF3O2/c24-21(25-23-14-11-17(12-15-23)13-16-23)20(18-7-3-1-4-8-18)22-19-9-5-2-6-10-19;3-2(4,5)1(6)7/h1-10,17,20,22H,11-16H2;(H,6,7)/q+1;/p-1. The number of rotatable bonds is 5. The molecule has 32 heavy (non-hydrogen) atoms. The molecular formula is C23H25F3N2O4. The number of hydrogen-bond acceptors (Lipinski definition) is 5. The molecule has 0 aliphatic carbocycles. The van der Waals surface area contributed by atoms with E-state index in [1.807, 2.05) is 60.7 Å². The Kier molecular flexibility index (Phi) is 7.40. The maximum absolute atomic E-state index is 13.1. The Hall–Kier alpha value is -3.07. The number of carbonyl (C=O) groups excluding carboxylic acids is 2. The molecule has 0 spiro atoms. The highest BCUT2D eigenvalue weighted by Crippen LogP contribution is 2.35. The molecule has 3 heterocycles. The number of nitrogens with one attached hydrogen (secondary N) is 1. The summed E-state index contributed by atoms with van der Waals surface area (Å²) in [7, 11) is 0. The number of nitrogens with zero attached hydrogens (tertiary/aromatic N) is 1. The highest BCUT2D eigenvalue weighted by atomic mass is 19.4. The fourth-order valence-electron chi connectivity index (χ4n) is 4.03. The number of alkyl halides is 3. The predicted molar refractivity (Wildman–Crippen MR) is 109 cm³/mol. The first kappa shape index (κ1) is 23.6. The number of hydrogen-bond donors (Lipinski definition) is 1. The zero-order valence-electron chi connectivity index (χ0n) is 17.4. The first-order valence-electron chi connectivity index (χ1n) is 10.4. The van der Waals surface area contributed by atoms with Crippen LogP contribution in [0.1, 0.15) is 30.9 Å². The number of fused-ring (bicyclic) bond motifs is 3. The van der Waals surface area contributed by atoms with Crippen molar-refractivity contribution in [2.45, 2.75) is 31.5 Å². The summed E-state index contributed by atoms with van der Waals surface area (Å²) >= 11 is 0. The Bertz CT molecular complexity index is 885. The van der Waals surface area contributed by atoms with Gasteiger partial charge in [0.15, 0.2) is 6.04 Å². The number of halogens is 3. The maximum atomic E-state index is 13.1. The van der Waals surface area contributed by atoms with Crippen LogP contribution in [0.3, 0.4) is 0 Å². The zero-order valence-corrected chi connectivity index (χ0v) is 17.4. The number of benzene rings is 2. The van der Waals surface area contributed by atoms with Gasteiger partial charge in [-0.3, -0.25) is 4.84 Å². The molecule has 3 saturated heterocycles. The lowest BCUT2D eigenvalue weighted by Gasteiger charge is -2.45. The minimum atomic E-state index is -5.19. The molecule has 3 aliphatic rings. The quantitative estimate of drug-likeness (QED) is 0.708. The summed E-state index contributed by atoms with van der Waals surface area (Å²) in [5.74, 6) is -2.35. The van der Waals surface area contributed by atoms with Crippen molar-refractivity contribution in [3.8, 4) is 0 Å². The minimum Gasteiger partial charge on any atom is -0.542 e. The van der Waals surface area contributed by atoms with Crippen molar-refractivity contribution in [3.63, 3.8) is 0 Å². The van der Waals surface area contributed by atoms with Crippen molar-refractivity contribution < 1.29 is 37.4 Å². The molecule has 0 saturated carbocycles. The third-order valence-corrected chi connectivity index (χ3v) is 5.80. The highest BCUT2D eigenvalue weighted by Gasteiger charge is 2.45. The third kappa shape index (κ3) is 6.23. The monoisotopic (exact) mass is 450 g/mol. The summed E-state index contributed by atoms with van der Waals surface area (Å²) in [6.45, 7) is 2.88. The van der Waals surface area contributed by atoms with Gasteiger partial charge in [-0.2, -0.15) is 13.2 Å². The lowest BCUT2D eigenvalue weighted by Crippen LogP contribution is -2.59. The lowest BCUT2D eigenvalue weighted by atomic mass is 9.88. The van der Waals surface area contributed by atoms with E-state index in [1.165, 1.54) is 19.3 Å². The van der Waals surface area contributed by atoms with Crippen LogP contribution in [0.4, 0.5) is 18.9 Å². The molecule has 2 aromatic carbocycles. The van der Waals surface area contributed by atoms with Crippen molar-refractivity contribution in [2.24, 2.45) is 5.92 Å². The molecule has 3 aliphatic heterocycles. The minimum absolute atomic E-state index is 0.185. The van der Waals surface area contributed by atoms with Crippen LogP contribution in [0.25, 0.3) is 0 Å². The number of carboxylic acids is 1. The molecule has 9 heteroatoms. The Balaban J connectivity index is 0.000000360. The summed E-state index contributed by atoms with van der Waals surface area (Å²) in [5, 5.41) is 12.1. The van der Waals surface area contributed by atoms with Gasteiger partial charge in [0.25, 0.3) is 0 Å². The molecule has 0 radical (unpaired) electrons. The summed E-state index contributed by atoms with van der Waals surface area (Å²) < 4.78 is 32.1. The van der Waals surface area contributed by atoms with Crippen molar-refractivity contribution >= 4 is 17.6 Å². The molecule has 0 aromatic heterocycles. The second-order valence-corrected chi connectivity index (χ2v) is 8.01. The van der Waals surface area contributed by atoms with Gasteiger partial charge in [0, 0.05) is 24.9 Å². The van der Waals surface area contributed by atoms with E-state index >= 15 is 0 Å². The van der Waals surface area contributed by atoms with E-state index in [9.17, 15) is 18.0 Å². The molecule has 5 rings (SSSR count). The van der Waals surface area contributed by atoms with Crippen molar-refractivity contribution in [2.75, 3.05) is 25.0 Å². The molecule has 6 nitrogen and oxygen atoms in total. The van der Waals surface area contributed by atoms with E-state index in [0.717, 1.165) is 36.8 Å². The summed E-state index contributed by atoms with van der Waals surface area (Å²) in [4.78, 5) is 28.0. The summed E-state index contributed by atoms with van der Waals surface area (Å²) in [6.07, 6.45) is -1.67. The molecule has 3 fully saturated rings. The van der Waals surface area contributed by atoms with Crippen LogP contribution >= 0.6 is 0 Å². The number of carboxylic acid groups (broad SMARTS) is 1. The van der Waals surface area contributed by atoms with Crippen molar-refractivity contribution in [1.82, 2.24) is 0 Å². The Morgan fingerprint density at radius 2 is 1.41 bits per heavy atom. The van der Waals surface area contributed by atoms with Gasteiger partial charge in [-0.25, -0.2) is 4.79 Å². The fraction of sp³-hybridized carbons (Fsp3) is 0.391. The lowest BCUT2D eigenvalue weighted by molar-refractivity contribution is -1.10. The van der Waals surface area contributed by atoms with Gasteiger partial charge in [0.2, 0.25) is 0 Å². The van der Waals surface area contributed by atoms with E-state index in [-0.39, 0.29) is 5.97 Å². The number of carbonyl (C=O) groups is 2. The van der Waals surface area contributed by atoms with Gasteiger partial charge in [0.05, 0.1) is 0 Å². The fourth-order valence-corrected chi connectivity index (χ4v) is 4.03. The number of aliphatic carboxylic acids is 1. The Labute approximate surface area is 184 Å². The molecule has 2 aromatic rings. The molecule has 1 atom stereocenters. The average molecular weight is 450 g/mol. The first-order valence-corrected chi connectivity index (χ1v) is 10.4. The van der Waals surface area contributed by atoms with Crippen LogP contribution < -0.4 is 10.4 Å². The van der Waals surface area contributed by atoms with Gasteiger partial charge < -0.3 is 15.2 Å². The maximum Gasteiger partial charge on any atom is 0.430 e. The number of anilines is 1. The first-order chi connectivity index (χ1) is 15.2. The van der Waals surface area contributed by atoms with Crippen LogP contribution in [0, 0.1) is 5.92 Å². The molecular weight excluding hydrogens is 425 g/mol. The van der Waals surface area contributed by atoms with Crippen LogP contribution in [0.2, 0.25) is 0 Å². The largest absolute Gasteiger partial charge is 0.542 e. The van der Waals surface area contributed by atoms with Gasteiger partial charge >= 0.3 is 12.1 Å². The second kappa shape index (κ2) is 10.0. The number of quaternary nitrogens is 1. The van der Waals surface area contributed by atoms with E-state index < -0.39 is 18.2 Å². The molecule has 2 bridgehead atoms. The van der Waals surface area contributed by atoms with Gasteiger partial charge in [-0.05, 0) is 23.6 Å². The third-order valence-electron chi connectivity index (χ3n) is 5.80. The van der Waals surface area contributed by atoms with Crippen LogP contribution in [-0.4, -0.2) is 42.4 Å². The molecule has 172 valence electrons. The average Bonchev–Trinajstić information content (AvgIpc) is 2.79. The molecule has 1 N–H and O–H groups in total. The van der Waals surface area contributed by atoms with E-state index in [0.29, 0.717) is 4.65 Å². The van der Waals surface area contributed by atoms with E-state index in [1.54, 1.807) is 0 Å². The van der Waals surface area contributed by atoms with Crippen LogP contribution in [-0.2, 0) is 14.4 Å². The summed E-state index contributed by atoms with van der Waals surface area (Å²) in [6, 6.07) is 19.2. The summed E-state index contributed by atoms with van der Waals surface area (Å²) in [5.41, 5.74) is 1.85. The highest BCUT2D eigenvalue weighted by molar-refractivity contribution is 5.80.